The van der Waals surface area contributed by atoms with Crippen molar-refractivity contribution >= 4 is 11.7 Å². The number of rotatable bonds is 4. The first-order chi connectivity index (χ1) is 14.3. The van der Waals surface area contributed by atoms with Gasteiger partial charge in [0.25, 0.3) is 6.02 Å². The summed E-state index contributed by atoms with van der Waals surface area (Å²) in [6, 6.07) is 4.07. The molecule has 1 aliphatic heterocycles. The van der Waals surface area contributed by atoms with Crippen LogP contribution in [0.3, 0.4) is 0 Å². The Morgan fingerprint density at radius 1 is 1.07 bits per heavy atom. The average Bonchev–Trinajstić information content (AvgIpc) is 3.45. The predicted molar refractivity (Wildman–Crippen MR) is 109 cm³/mol. The first kappa shape index (κ1) is 19.5. The van der Waals surface area contributed by atoms with Crippen molar-refractivity contribution in [1.29, 1.82) is 0 Å². The van der Waals surface area contributed by atoms with Gasteiger partial charge in [-0.15, -0.1) is 0 Å². The van der Waals surface area contributed by atoms with Gasteiger partial charge in [0.2, 0.25) is 11.9 Å². The first-order valence-corrected chi connectivity index (χ1v) is 10.5. The van der Waals surface area contributed by atoms with E-state index in [-0.39, 0.29) is 24.0 Å². The highest BCUT2D eigenvalue weighted by Crippen LogP contribution is 2.40. The highest BCUT2D eigenvalue weighted by Gasteiger charge is 2.50. The number of hydrogen-bond acceptors (Lipinski definition) is 8. The van der Waals surface area contributed by atoms with E-state index in [1.54, 1.807) is 13.8 Å². The molecule has 2 aromatic rings. The Morgan fingerprint density at radius 2 is 1.73 bits per heavy atom. The molecule has 0 bridgehead atoms. The van der Waals surface area contributed by atoms with Crippen LogP contribution in [0.15, 0.2) is 21.6 Å². The van der Waals surface area contributed by atoms with Crippen LogP contribution in [0.2, 0.25) is 0 Å². The zero-order valence-corrected chi connectivity index (χ0v) is 17.2. The number of aliphatic imine (C=N–C) groups is 1. The number of nitrogens with one attached hydrogen (secondary N) is 1. The number of anilines is 1. The lowest BCUT2D eigenvalue weighted by Gasteiger charge is -2.28. The van der Waals surface area contributed by atoms with Crippen molar-refractivity contribution in [2.24, 2.45) is 4.99 Å². The molecule has 0 spiro atoms. The van der Waals surface area contributed by atoms with E-state index >= 15 is 0 Å². The van der Waals surface area contributed by atoms with Crippen LogP contribution in [-0.2, 0) is 41.6 Å². The summed E-state index contributed by atoms with van der Waals surface area (Å²) in [7, 11) is 0. The number of nitrogens with zero attached hydrogens (tertiary/aromatic N) is 2. The molecule has 1 aromatic heterocycles. The number of hydrogen-bond donors (Lipinski definition) is 4. The van der Waals surface area contributed by atoms with Gasteiger partial charge in [-0.3, -0.25) is 0 Å². The summed E-state index contributed by atoms with van der Waals surface area (Å²) in [6.07, 6.45) is 4.61. The van der Waals surface area contributed by atoms with E-state index in [0.717, 1.165) is 44.2 Å². The minimum atomic E-state index is -1.87. The van der Waals surface area contributed by atoms with Gasteiger partial charge in [0.05, 0.1) is 6.54 Å². The Labute approximate surface area is 174 Å². The van der Waals surface area contributed by atoms with Crippen LogP contribution >= 0.6 is 0 Å². The normalized spacial score (nSPS) is 22.8. The van der Waals surface area contributed by atoms with Crippen LogP contribution in [-0.4, -0.2) is 39.3 Å². The predicted octanol–water partition coefficient (Wildman–Crippen LogP) is 1.88. The van der Waals surface area contributed by atoms with E-state index in [4.69, 9.17) is 9.26 Å². The van der Waals surface area contributed by atoms with Crippen LogP contribution in [0.25, 0.3) is 0 Å². The number of fused-ring (bicyclic) bond motifs is 2. The number of aliphatic hydroxyl groups is 3. The van der Waals surface area contributed by atoms with Crippen LogP contribution in [0, 0.1) is 0 Å². The molecule has 2 heterocycles. The number of ether oxygens (including phenoxy) is 1. The molecule has 4 N–H and O–H groups in total. The van der Waals surface area contributed by atoms with Gasteiger partial charge in [-0.2, -0.15) is 0 Å². The number of aromatic nitrogens is 1. The molecule has 0 saturated heterocycles. The SMILES string of the molecule is CC(C)(O)c1cc(C2(C(O)O)CN=C(Nc3c4c(cc5c3CCC5)CCC4)O2)no1. The van der Waals surface area contributed by atoms with E-state index in [0.29, 0.717) is 0 Å². The minimum Gasteiger partial charge on any atom is -0.444 e. The molecule has 8 nitrogen and oxygen atoms in total. The maximum absolute atomic E-state index is 10.2. The molecule has 160 valence electrons. The van der Waals surface area contributed by atoms with Crippen molar-refractivity contribution in [3.05, 3.63) is 45.8 Å². The number of amidine groups is 1. The van der Waals surface area contributed by atoms with Crippen LogP contribution in [0.1, 0.15) is 60.4 Å². The summed E-state index contributed by atoms with van der Waals surface area (Å²) in [5, 5.41) is 37.7. The lowest BCUT2D eigenvalue weighted by molar-refractivity contribution is -0.171. The second-order valence-corrected chi connectivity index (χ2v) is 8.98. The molecule has 2 aliphatic carbocycles. The van der Waals surface area contributed by atoms with Gasteiger partial charge in [0.15, 0.2) is 5.76 Å². The van der Waals surface area contributed by atoms with Gasteiger partial charge in [-0.25, -0.2) is 4.99 Å². The van der Waals surface area contributed by atoms with Crippen molar-refractivity contribution in [2.45, 2.75) is 69.9 Å². The van der Waals surface area contributed by atoms with Crippen molar-refractivity contribution in [3.8, 4) is 0 Å². The van der Waals surface area contributed by atoms with Gasteiger partial charge < -0.3 is 29.9 Å². The topological polar surface area (TPSA) is 120 Å². The molecule has 8 heteroatoms. The summed E-state index contributed by atoms with van der Waals surface area (Å²) in [5.74, 6) is 0.209. The third kappa shape index (κ3) is 3.02. The number of aliphatic hydroxyl groups excluding tert-OH is 1. The Hall–Kier alpha value is -2.42. The third-order valence-corrected chi connectivity index (χ3v) is 6.41. The number of benzene rings is 1. The van der Waals surface area contributed by atoms with Crippen LogP contribution in [0.5, 0.6) is 0 Å². The highest BCUT2D eigenvalue weighted by atomic mass is 16.6. The van der Waals surface area contributed by atoms with Gasteiger partial charge in [0.1, 0.15) is 11.3 Å². The molecule has 1 atom stereocenters. The lowest BCUT2D eigenvalue weighted by atomic mass is 9.97. The second kappa shape index (κ2) is 6.80. The van der Waals surface area contributed by atoms with E-state index in [9.17, 15) is 15.3 Å². The summed E-state index contributed by atoms with van der Waals surface area (Å²) in [4.78, 5) is 4.42. The molecule has 3 aliphatic rings. The molecule has 1 unspecified atom stereocenters. The lowest BCUT2D eigenvalue weighted by Crippen LogP contribution is -2.44. The standard InChI is InChI=1S/C22H27N3O5/c1-21(2,28)17-10-16(25-30-17)22(19(26)27)11-23-20(29-22)24-18-14-7-3-5-12(14)9-13-6-4-8-15(13)18/h9-10,19,26-28H,3-8,11H2,1-2H3,(H,23,24). The van der Waals surface area contributed by atoms with E-state index < -0.39 is 17.5 Å². The summed E-state index contributed by atoms with van der Waals surface area (Å²) in [6.45, 7) is 3.10. The third-order valence-electron chi connectivity index (χ3n) is 6.41. The van der Waals surface area contributed by atoms with Crippen molar-refractivity contribution < 1.29 is 24.6 Å². The summed E-state index contributed by atoms with van der Waals surface area (Å²) in [5.41, 5.74) is 3.81. The average molecular weight is 413 g/mol. The van der Waals surface area contributed by atoms with Crippen LogP contribution in [0.4, 0.5) is 5.69 Å². The quantitative estimate of drug-likeness (QED) is 0.565. The maximum atomic E-state index is 10.2. The molecular weight excluding hydrogens is 386 g/mol. The smallest absolute Gasteiger partial charge is 0.290 e. The Balaban J connectivity index is 1.45. The van der Waals surface area contributed by atoms with Gasteiger partial charge in [-0.1, -0.05) is 11.2 Å². The fraction of sp³-hybridized carbons (Fsp3) is 0.545. The molecule has 1 aromatic carbocycles. The van der Waals surface area contributed by atoms with Crippen molar-refractivity contribution in [1.82, 2.24) is 5.16 Å². The van der Waals surface area contributed by atoms with Crippen LogP contribution < -0.4 is 5.32 Å². The fourth-order valence-corrected chi connectivity index (χ4v) is 4.73. The van der Waals surface area contributed by atoms with Gasteiger partial charge >= 0.3 is 0 Å². The van der Waals surface area contributed by atoms with Gasteiger partial charge in [0, 0.05) is 11.8 Å². The molecule has 30 heavy (non-hydrogen) atoms. The van der Waals surface area contributed by atoms with Gasteiger partial charge in [-0.05, 0) is 74.6 Å². The van der Waals surface area contributed by atoms with E-state index in [1.165, 1.54) is 28.3 Å². The molecule has 0 saturated carbocycles. The Bertz CT molecular complexity index is 988. The van der Waals surface area contributed by atoms with E-state index in [2.05, 4.69) is 21.5 Å². The molecule has 5 rings (SSSR count). The molecule has 0 fully saturated rings. The number of aryl methyl sites for hydroxylation is 2. The highest BCUT2D eigenvalue weighted by molar-refractivity contribution is 5.93. The summed E-state index contributed by atoms with van der Waals surface area (Å²) >= 11 is 0. The minimum absolute atomic E-state index is 0.0257. The Kier molecular flexibility index (Phi) is 4.43. The summed E-state index contributed by atoms with van der Waals surface area (Å²) < 4.78 is 11.2. The Morgan fingerprint density at radius 3 is 2.30 bits per heavy atom. The zero-order chi connectivity index (χ0) is 21.1. The van der Waals surface area contributed by atoms with Crippen molar-refractivity contribution in [2.75, 3.05) is 11.9 Å². The zero-order valence-electron chi connectivity index (χ0n) is 17.2. The van der Waals surface area contributed by atoms with E-state index in [1.807, 2.05) is 0 Å². The fourth-order valence-electron chi connectivity index (χ4n) is 4.73. The molecular formula is C22H27N3O5. The maximum Gasteiger partial charge on any atom is 0.290 e. The first-order valence-electron chi connectivity index (χ1n) is 10.5. The monoisotopic (exact) mass is 413 g/mol. The molecule has 0 amide bonds. The largest absolute Gasteiger partial charge is 0.444 e. The second-order valence-electron chi connectivity index (χ2n) is 8.98. The van der Waals surface area contributed by atoms with Crippen molar-refractivity contribution in [3.63, 3.8) is 0 Å². The molecule has 0 radical (unpaired) electrons.